The van der Waals surface area contributed by atoms with Crippen LogP contribution in [0.5, 0.6) is 11.5 Å². The number of sulfonamides is 1. The molecule has 114 valence electrons. The highest BCUT2D eigenvalue weighted by molar-refractivity contribution is 7.89. The molecular formula is C14H23NO4S. The van der Waals surface area contributed by atoms with Gasteiger partial charge in [-0.25, -0.2) is 13.6 Å². The Morgan fingerprint density at radius 1 is 1.10 bits per heavy atom. The molecule has 5 nitrogen and oxygen atoms in total. The third-order valence-corrected chi connectivity index (χ3v) is 3.88. The molecule has 0 aliphatic rings. The first kappa shape index (κ1) is 16.8. The van der Waals surface area contributed by atoms with E-state index in [2.05, 4.69) is 0 Å². The monoisotopic (exact) mass is 301 g/mol. The minimum Gasteiger partial charge on any atom is -0.494 e. The normalized spacial score (nSPS) is 13.2. The molecular weight excluding hydrogens is 278 g/mol. The molecule has 0 aliphatic carbocycles. The van der Waals surface area contributed by atoms with Crippen molar-refractivity contribution in [2.24, 2.45) is 17.0 Å². The number of ether oxygens (including phenoxy) is 2. The zero-order chi connectivity index (χ0) is 15.2. The summed E-state index contributed by atoms with van der Waals surface area (Å²) >= 11 is 0. The summed E-state index contributed by atoms with van der Waals surface area (Å²) in [7, 11) is -3.49. The van der Waals surface area contributed by atoms with Crippen LogP contribution in [0.15, 0.2) is 24.3 Å². The lowest BCUT2D eigenvalue weighted by Crippen LogP contribution is -2.30. The highest BCUT2D eigenvalue weighted by atomic mass is 32.2. The van der Waals surface area contributed by atoms with Crippen molar-refractivity contribution in [3.8, 4) is 11.5 Å². The minimum atomic E-state index is -3.49. The smallest absolute Gasteiger partial charge is 0.209 e. The first-order valence-corrected chi connectivity index (χ1v) is 8.39. The Labute approximate surface area is 121 Å². The maximum atomic E-state index is 11.2. The van der Waals surface area contributed by atoms with E-state index in [4.69, 9.17) is 14.6 Å². The SMILES string of the molecule is CCOc1ccc(OCC(CS(N)(=O)=O)C(C)C)cc1. The maximum absolute atomic E-state index is 11.2. The Balaban J connectivity index is 2.58. The number of rotatable bonds is 8. The number of nitrogens with two attached hydrogens (primary N) is 1. The Morgan fingerprint density at radius 3 is 2.00 bits per heavy atom. The van der Waals surface area contributed by atoms with Crippen LogP contribution in [0.2, 0.25) is 0 Å². The van der Waals surface area contributed by atoms with E-state index < -0.39 is 10.0 Å². The number of hydrogen-bond donors (Lipinski definition) is 1. The van der Waals surface area contributed by atoms with E-state index >= 15 is 0 Å². The lowest BCUT2D eigenvalue weighted by molar-refractivity contribution is 0.224. The quantitative estimate of drug-likeness (QED) is 0.797. The van der Waals surface area contributed by atoms with Crippen molar-refractivity contribution in [3.05, 3.63) is 24.3 Å². The van der Waals surface area contributed by atoms with Gasteiger partial charge in [0.05, 0.1) is 19.0 Å². The van der Waals surface area contributed by atoms with Gasteiger partial charge in [0, 0.05) is 5.92 Å². The summed E-state index contributed by atoms with van der Waals surface area (Å²) < 4.78 is 33.3. The molecule has 0 aliphatic heterocycles. The summed E-state index contributed by atoms with van der Waals surface area (Å²) in [5.74, 6) is 1.45. The van der Waals surface area contributed by atoms with Crippen LogP contribution < -0.4 is 14.6 Å². The van der Waals surface area contributed by atoms with Crippen LogP contribution in [0.25, 0.3) is 0 Å². The molecule has 6 heteroatoms. The van der Waals surface area contributed by atoms with Gasteiger partial charge in [0.25, 0.3) is 0 Å². The van der Waals surface area contributed by atoms with Crippen molar-refractivity contribution < 1.29 is 17.9 Å². The van der Waals surface area contributed by atoms with Crippen LogP contribution in [-0.2, 0) is 10.0 Å². The molecule has 20 heavy (non-hydrogen) atoms. The van der Waals surface area contributed by atoms with Crippen LogP contribution in [0, 0.1) is 11.8 Å². The Morgan fingerprint density at radius 2 is 1.60 bits per heavy atom. The van der Waals surface area contributed by atoms with E-state index in [0.29, 0.717) is 19.0 Å². The van der Waals surface area contributed by atoms with E-state index in [0.717, 1.165) is 5.75 Å². The first-order chi connectivity index (χ1) is 9.31. The largest absolute Gasteiger partial charge is 0.494 e. The fourth-order valence-electron chi connectivity index (χ4n) is 1.73. The van der Waals surface area contributed by atoms with Gasteiger partial charge in [0.1, 0.15) is 11.5 Å². The Bertz CT molecular complexity index is 496. The zero-order valence-corrected chi connectivity index (χ0v) is 13.0. The fourth-order valence-corrected chi connectivity index (χ4v) is 2.81. The van der Waals surface area contributed by atoms with Gasteiger partial charge in [0.15, 0.2) is 0 Å². The van der Waals surface area contributed by atoms with E-state index in [9.17, 15) is 8.42 Å². The molecule has 0 amide bonds. The van der Waals surface area contributed by atoms with Crippen molar-refractivity contribution in [2.45, 2.75) is 20.8 Å². The third kappa shape index (κ3) is 6.25. The molecule has 0 bridgehead atoms. The minimum absolute atomic E-state index is 0.0678. The molecule has 1 aromatic rings. The average Bonchev–Trinajstić information content (AvgIpc) is 2.35. The average molecular weight is 301 g/mol. The summed E-state index contributed by atoms with van der Waals surface area (Å²) in [5, 5.41) is 5.10. The lowest BCUT2D eigenvalue weighted by atomic mass is 9.99. The van der Waals surface area contributed by atoms with Crippen molar-refractivity contribution in [2.75, 3.05) is 19.0 Å². The highest BCUT2D eigenvalue weighted by Crippen LogP contribution is 2.20. The van der Waals surface area contributed by atoms with Crippen LogP contribution in [-0.4, -0.2) is 27.4 Å². The van der Waals surface area contributed by atoms with E-state index in [1.165, 1.54) is 0 Å². The zero-order valence-electron chi connectivity index (χ0n) is 12.2. The van der Waals surface area contributed by atoms with Crippen LogP contribution >= 0.6 is 0 Å². The van der Waals surface area contributed by atoms with E-state index in [1.807, 2.05) is 32.9 Å². The first-order valence-electron chi connectivity index (χ1n) is 6.68. The molecule has 1 unspecified atom stereocenters. The van der Waals surface area contributed by atoms with Gasteiger partial charge in [0.2, 0.25) is 10.0 Å². The number of hydrogen-bond acceptors (Lipinski definition) is 4. The molecule has 1 aromatic carbocycles. The molecule has 0 aromatic heterocycles. The standard InChI is InChI=1S/C14H23NO4S/c1-4-18-13-5-7-14(8-6-13)19-9-12(11(2)3)10-20(15,16)17/h5-8,11-12H,4,9-10H2,1-3H3,(H2,15,16,17). The molecule has 0 radical (unpaired) electrons. The van der Waals surface area contributed by atoms with E-state index in [-0.39, 0.29) is 17.6 Å². The molecule has 0 heterocycles. The van der Waals surface area contributed by atoms with Crippen molar-refractivity contribution in [1.82, 2.24) is 0 Å². The second kappa shape index (κ2) is 7.50. The lowest BCUT2D eigenvalue weighted by Gasteiger charge is -2.20. The fraction of sp³-hybridized carbons (Fsp3) is 0.571. The highest BCUT2D eigenvalue weighted by Gasteiger charge is 2.20. The van der Waals surface area contributed by atoms with Gasteiger partial charge in [-0.15, -0.1) is 0 Å². The molecule has 0 saturated carbocycles. The van der Waals surface area contributed by atoms with Gasteiger partial charge in [-0.05, 0) is 37.1 Å². The van der Waals surface area contributed by atoms with Crippen LogP contribution in [0.3, 0.4) is 0 Å². The molecule has 0 saturated heterocycles. The second-order valence-corrected chi connectivity index (χ2v) is 6.71. The number of primary sulfonamides is 1. The molecule has 1 atom stereocenters. The third-order valence-electron chi connectivity index (χ3n) is 2.99. The summed E-state index contributed by atoms with van der Waals surface area (Å²) in [6, 6.07) is 7.25. The van der Waals surface area contributed by atoms with Crippen molar-refractivity contribution in [3.63, 3.8) is 0 Å². The summed E-state index contributed by atoms with van der Waals surface area (Å²) in [6.45, 7) is 6.77. The maximum Gasteiger partial charge on any atom is 0.209 e. The van der Waals surface area contributed by atoms with E-state index in [1.54, 1.807) is 12.1 Å². The van der Waals surface area contributed by atoms with Gasteiger partial charge < -0.3 is 9.47 Å². The molecule has 0 fully saturated rings. The van der Waals surface area contributed by atoms with Gasteiger partial charge in [-0.1, -0.05) is 13.8 Å². The van der Waals surface area contributed by atoms with Crippen molar-refractivity contribution in [1.29, 1.82) is 0 Å². The molecule has 1 rings (SSSR count). The topological polar surface area (TPSA) is 78.6 Å². The Kier molecular flexibility index (Phi) is 6.29. The van der Waals surface area contributed by atoms with Crippen LogP contribution in [0.1, 0.15) is 20.8 Å². The number of benzene rings is 1. The predicted octanol–water partition coefficient (Wildman–Crippen LogP) is 2.02. The summed E-state index contributed by atoms with van der Waals surface area (Å²) in [5.41, 5.74) is 0. The van der Waals surface area contributed by atoms with Crippen LogP contribution in [0.4, 0.5) is 0 Å². The summed E-state index contributed by atoms with van der Waals surface area (Å²) in [4.78, 5) is 0. The second-order valence-electron chi connectivity index (χ2n) is 5.05. The predicted molar refractivity (Wildman–Crippen MR) is 79.4 cm³/mol. The van der Waals surface area contributed by atoms with Gasteiger partial charge >= 0.3 is 0 Å². The molecule has 2 N–H and O–H groups in total. The van der Waals surface area contributed by atoms with Gasteiger partial charge in [-0.2, -0.15) is 0 Å². The van der Waals surface area contributed by atoms with Gasteiger partial charge in [-0.3, -0.25) is 0 Å². The molecule has 0 spiro atoms. The summed E-state index contributed by atoms with van der Waals surface area (Å²) in [6.07, 6.45) is 0. The Hall–Kier alpha value is -1.27. The van der Waals surface area contributed by atoms with Crippen molar-refractivity contribution >= 4 is 10.0 Å².